The smallest absolute Gasteiger partial charge is 0.157 e. The molecule has 2 heteroatoms. The molecule has 0 radical (unpaired) electrons. The Morgan fingerprint density at radius 3 is 1.94 bits per heavy atom. The van der Waals surface area contributed by atoms with Crippen molar-refractivity contribution in [3.63, 3.8) is 0 Å². The Labute approximate surface area is 100 Å². The van der Waals surface area contributed by atoms with Gasteiger partial charge in [0, 0.05) is 11.5 Å². The molecule has 1 fully saturated rings. The molecular weight excluding hydrogens is 198 g/mol. The molecule has 94 valence electrons. The average Bonchev–Trinajstić information content (AvgIpc) is 2.16. The highest BCUT2D eigenvalue weighted by molar-refractivity contribution is 5.91. The second-order valence-corrected chi connectivity index (χ2v) is 6.68. The van der Waals surface area contributed by atoms with Gasteiger partial charge in [-0.1, -0.05) is 40.0 Å². The van der Waals surface area contributed by atoms with Gasteiger partial charge in [-0.2, -0.15) is 0 Å². The van der Waals surface area contributed by atoms with Crippen LogP contribution in [-0.2, 0) is 4.79 Å². The van der Waals surface area contributed by atoms with E-state index in [-0.39, 0.29) is 11.0 Å². The Kier molecular flexibility index (Phi) is 4.17. The van der Waals surface area contributed by atoms with Crippen LogP contribution in [0.15, 0.2) is 0 Å². The van der Waals surface area contributed by atoms with E-state index in [1.165, 1.54) is 32.1 Å². The zero-order valence-corrected chi connectivity index (χ0v) is 11.5. The van der Waals surface area contributed by atoms with Crippen LogP contribution >= 0.6 is 0 Å². The van der Waals surface area contributed by atoms with Gasteiger partial charge in [0.25, 0.3) is 0 Å². The maximum absolute atomic E-state index is 12.3. The Bertz CT molecular complexity index is 244. The fraction of sp³-hybridized carbons (Fsp3) is 0.929. The highest BCUT2D eigenvalue weighted by Gasteiger charge is 2.37. The van der Waals surface area contributed by atoms with Crippen LogP contribution < -0.4 is 5.32 Å². The van der Waals surface area contributed by atoms with E-state index in [1.807, 2.05) is 34.6 Å². The summed E-state index contributed by atoms with van der Waals surface area (Å²) in [6.07, 6.45) is 6.41. The molecule has 0 heterocycles. The largest absolute Gasteiger partial charge is 0.303 e. The maximum Gasteiger partial charge on any atom is 0.157 e. The molecule has 0 aromatic rings. The van der Waals surface area contributed by atoms with Crippen LogP contribution in [0.25, 0.3) is 0 Å². The number of Topliss-reactive ketones (excluding diaryl/α,β-unsaturated/α-hetero) is 1. The van der Waals surface area contributed by atoms with Gasteiger partial charge in [0.1, 0.15) is 0 Å². The highest BCUT2D eigenvalue weighted by Crippen LogP contribution is 2.25. The minimum Gasteiger partial charge on any atom is -0.303 e. The summed E-state index contributed by atoms with van der Waals surface area (Å²) in [5.41, 5.74) is -0.647. The summed E-state index contributed by atoms with van der Waals surface area (Å²) in [6, 6.07) is 0.537. The van der Waals surface area contributed by atoms with E-state index in [4.69, 9.17) is 0 Å². The molecular formula is C14H27NO. The Hall–Kier alpha value is -0.370. The Morgan fingerprint density at radius 2 is 1.50 bits per heavy atom. The molecule has 0 aromatic heterocycles. The molecule has 0 unspecified atom stereocenters. The predicted molar refractivity (Wildman–Crippen MR) is 68.5 cm³/mol. The van der Waals surface area contributed by atoms with Crippen molar-refractivity contribution < 1.29 is 4.79 Å². The van der Waals surface area contributed by atoms with Crippen molar-refractivity contribution in [2.45, 2.75) is 78.3 Å². The molecule has 16 heavy (non-hydrogen) atoms. The Morgan fingerprint density at radius 1 is 1.00 bits per heavy atom. The second kappa shape index (κ2) is 4.87. The summed E-state index contributed by atoms with van der Waals surface area (Å²) < 4.78 is 0. The van der Waals surface area contributed by atoms with E-state index < -0.39 is 0 Å². The number of rotatable bonds is 3. The van der Waals surface area contributed by atoms with Gasteiger partial charge in [0.2, 0.25) is 0 Å². The molecule has 1 aliphatic rings. The van der Waals surface area contributed by atoms with Crippen molar-refractivity contribution in [2.24, 2.45) is 5.41 Å². The number of ketones is 1. The van der Waals surface area contributed by atoms with Gasteiger partial charge in [-0.25, -0.2) is 0 Å². The molecule has 0 saturated heterocycles. The quantitative estimate of drug-likeness (QED) is 0.798. The third-order valence-corrected chi connectivity index (χ3v) is 3.42. The van der Waals surface area contributed by atoms with E-state index in [2.05, 4.69) is 5.32 Å². The first-order valence-corrected chi connectivity index (χ1v) is 6.56. The number of carbonyl (C=O) groups excluding carboxylic acids is 1. The van der Waals surface area contributed by atoms with Crippen molar-refractivity contribution in [3.8, 4) is 0 Å². The van der Waals surface area contributed by atoms with Gasteiger partial charge in [0.15, 0.2) is 5.78 Å². The van der Waals surface area contributed by atoms with E-state index in [0.717, 1.165) is 0 Å². The predicted octanol–water partition coefficient (Wildman–Crippen LogP) is 3.30. The van der Waals surface area contributed by atoms with Crippen molar-refractivity contribution >= 4 is 5.78 Å². The lowest BCUT2D eigenvalue weighted by Gasteiger charge is -2.36. The van der Waals surface area contributed by atoms with Gasteiger partial charge >= 0.3 is 0 Å². The van der Waals surface area contributed by atoms with Crippen LogP contribution in [0.2, 0.25) is 0 Å². The third kappa shape index (κ3) is 3.58. The molecule has 0 aromatic carbocycles. The fourth-order valence-electron chi connectivity index (χ4n) is 2.76. The van der Waals surface area contributed by atoms with E-state index in [9.17, 15) is 4.79 Å². The van der Waals surface area contributed by atoms with Crippen molar-refractivity contribution in [1.29, 1.82) is 0 Å². The standard InChI is InChI=1S/C14H27NO/c1-13(2,3)12(16)14(4,5)15-11-9-7-6-8-10-11/h11,15H,6-10H2,1-5H3. The summed E-state index contributed by atoms with van der Waals surface area (Å²) in [7, 11) is 0. The molecule has 1 saturated carbocycles. The van der Waals surface area contributed by atoms with Crippen LogP contribution in [0.1, 0.15) is 66.7 Å². The SMILES string of the molecule is CC(C)(C)C(=O)C(C)(C)NC1CCCCC1. The summed E-state index contributed by atoms with van der Waals surface area (Å²) in [4.78, 5) is 12.3. The van der Waals surface area contributed by atoms with E-state index in [0.29, 0.717) is 11.8 Å². The molecule has 0 aliphatic heterocycles. The molecule has 0 bridgehead atoms. The van der Waals surface area contributed by atoms with E-state index in [1.54, 1.807) is 0 Å². The molecule has 1 aliphatic carbocycles. The van der Waals surface area contributed by atoms with Crippen molar-refractivity contribution in [3.05, 3.63) is 0 Å². The van der Waals surface area contributed by atoms with Crippen LogP contribution in [0.5, 0.6) is 0 Å². The van der Waals surface area contributed by atoms with Gasteiger partial charge in [-0.3, -0.25) is 4.79 Å². The number of nitrogens with one attached hydrogen (secondary N) is 1. The highest BCUT2D eigenvalue weighted by atomic mass is 16.1. The maximum atomic E-state index is 12.3. The van der Waals surface area contributed by atoms with Crippen LogP contribution in [0.4, 0.5) is 0 Å². The lowest BCUT2D eigenvalue weighted by atomic mass is 9.79. The molecule has 0 spiro atoms. The summed E-state index contributed by atoms with van der Waals surface area (Å²) in [6.45, 7) is 10.0. The van der Waals surface area contributed by atoms with Crippen molar-refractivity contribution in [2.75, 3.05) is 0 Å². The topological polar surface area (TPSA) is 29.1 Å². The van der Waals surface area contributed by atoms with Crippen LogP contribution in [0, 0.1) is 5.41 Å². The average molecular weight is 225 g/mol. The zero-order chi connectivity index (χ0) is 12.4. The minimum absolute atomic E-state index is 0.259. The van der Waals surface area contributed by atoms with Crippen LogP contribution in [0.3, 0.4) is 0 Å². The van der Waals surface area contributed by atoms with Crippen molar-refractivity contribution in [1.82, 2.24) is 5.32 Å². The number of hydrogen-bond acceptors (Lipinski definition) is 2. The number of carbonyl (C=O) groups is 1. The zero-order valence-electron chi connectivity index (χ0n) is 11.5. The van der Waals surface area contributed by atoms with Gasteiger partial charge < -0.3 is 5.32 Å². The van der Waals surface area contributed by atoms with Gasteiger partial charge in [-0.05, 0) is 26.7 Å². The van der Waals surface area contributed by atoms with E-state index >= 15 is 0 Å². The first-order chi connectivity index (χ1) is 7.23. The van der Waals surface area contributed by atoms with Crippen LogP contribution in [-0.4, -0.2) is 17.4 Å². The first-order valence-electron chi connectivity index (χ1n) is 6.56. The lowest BCUT2D eigenvalue weighted by molar-refractivity contribution is -0.132. The third-order valence-electron chi connectivity index (χ3n) is 3.42. The fourth-order valence-corrected chi connectivity index (χ4v) is 2.76. The van der Waals surface area contributed by atoms with Gasteiger partial charge in [-0.15, -0.1) is 0 Å². The summed E-state index contributed by atoms with van der Waals surface area (Å²) >= 11 is 0. The second-order valence-electron chi connectivity index (χ2n) is 6.68. The molecule has 0 amide bonds. The summed E-state index contributed by atoms with van der Waals surface area (Å²) in [5.74, 6) is 0.311. The first kappa shape index (κ1) is 13.7. The molecule has 1 rings (SSSR count). The lowest BCUT2D eigenvalue weighted by Crippen LogP contribution is -2.55. The molecule has 2 nitrogen and oxygen atoms in total. The molecule has 1 N–H and O–H groups in total. The molecule has 0 atom stereocenters. The monoisotopic (exact) mass is 225 g/mol. The normalized spacial score (nSPS) is 19.8. The number of hydrogen-bond donors (Lipinski definition) is 1. The Balaban J connectivity index is 2.59. The summed E-state index contributed by atoms with van der Waals surface area (Å²) in [5, 5.41) is 3.55. The van der Waals surface area contributed by atoms with Gasteiger partial charge in [0.05, 0.1) is 5.54 Å². The minimum atomic E-state index is -0.389.